The lowest BCUT2D eigenvalue weighted by atomic mass is 10.1. The second-order valence-corrected chi connectivity index (χ2v) is 3.94. The molecule has 84 valence electrons. The molecule has 1 aromatic carbocycles. The van der Waals surface area contributed by atoms with Crippen molar-refractivity contribution in [1.82, 2.24) is 9.78 Å². The molecule has 5 nitrogen and oxygen atoms in total. The first-order chi connectivity index (χ1) is 7.50. The molecule has 1 aromatic heterocycles. The normalized spacial score (nSPS) is 14.9. The highest BCUT2D eigenvalue weighted by Gasteiger charge is 2.31. The lowest BCUT2D eigenvalue weighted by Gasteiger charge is -2.18. The Morgan fingerprint density at radius 1 is 1.50 bits per heavy atom. The fraction of sp³-hybridized carbons (Fsp3) is 0.273. The Kier molecular flexibility index (Phi) is 2.40. The molecule has 0 aliphatic rings. The number of carboxylic acids is 1. The minimum atomic E-state index is -1.81. The van der Waals surface area contributed by atoms with Gasteiger partial charge in [-0.25, -0.2) is 4.79 Å². The largest absolute Gasteiger partial charge is 0.479 e. The van der Waals surface area contributed by atoms with E-state index >= 15 is 0 Å². The van der Waals surface area contributed by atoms with Gasteiger partial charge in [-0.15, -0.1) is 0 Å². The van der Waals surface area contributed by atoms with Crippen molar-refractivity contribution in [3.8, 4) is 0 Å². The van der Waals surface area contributed by atoms with Gasteiger partial charge in [-0.2, -0.15) is 5.10 Å². The van der Waals surface area contributed by atoms with Crippen molar-refractivity contribution in [3.63, 3.8) is 0 Å². The van der Waals surface area contributed by atoms with Crippen molar-refractivity contribution < 1.29 is 15.0 Å². The van der Waals surface area contributed by atoms with Gasteiger partial charge in [0.25, 0.3) is 0 Å². The van der Waals surface area contributed by atoms with E-state index in [-0.39, 0.29) is 6.54 Å². The Labute approximate surface area is 91.9 Å². The van der Waals surface area contributed by atoms with E-state index in [0.29, 0.717) is 0 Å². The fourth-order valence-electron chi connectivity index (χ4n) is 1.51. The van der Waals surface area contributed by atoms with Crippen molar-refractivity contribution in [3.05, 3.63) is 30.5 Å². The van der Waals surface area contributed by atoms with Gasteiger partial charge in [-0.05, 0) is 13.0 Å². The number of hydrogen-bond donors (Lipinski definition) is 2. The number of carbonyl (C=O) groups is 1. The Hall–Kier alpha value is -1.88. The number of nitrogens with zero attached hydrogens (tertiary/aromatic N) is 2. The summed E-state index contributed by atoms with van der Waals surface area (Å²) in [6.45, 7) is 1.18. The minimum Gasteiger partial charge on any atom is -0.479 e. The molecule has 1 heterocycles. The third kappa shape index (κ3) is 1.77. The number of aliphatic carboxylic acids is 1. The zero-order chi connectivity index (χ0) is 11.8. The number of aromatic nitrogens is 2. The summed E-state index contributed by atoms with van der Waals surface area (Å²) in [6.07, 6.45) is 1.65. The Balaban J connectivity index is 2.38. The molecule has 16 heavy (non-hydrogen) atoms. The highest BCUT2D eigenvalue weighted by molar-refractivity contribution is 5.79. The van der Waals surface area contributed by atoms with Crippen LogP contribution in [0.1, 0.15) is 6.92 Å². The summed E-state index contributed by atoms with van der Waals surface area (Å²) in [7, 11) is 0. The topological polar surface area (TPSA) is 75.3 Å². The first kappa shape index (κ1) is 10.6. The first-order valence-electron chi connectivity index (χ1n) is 4.87. The molecule has 2 rings (SSSR count). The number of fused-ring (bicyclic) bond motifs is 1. The monoisotopic (exact) mass is 220 g/mol. The number of hydrogen-bond acceptors (Lipinski definition) is 3. The molecule has 0 spiro atoms. The first-order valence-corrected chi connectivity index (χ1v) is 4.87. The summed E-state index contributed by atoms with van der Waals surface area (Å²) in [5.74, 6) is -1.26. The highest BCUT2D eigenvalue weighted by atomic mass is 16.4. The number of aliphatic hydroxyl groups is 1. The van der Waals surface area contributed by atoms with E-state index in [1.54, 1.807) is 6.20 Å². The molecule has 0 saturated heterocycles. The van der Waals surface area contributed by atoms with Crippen LogP contribution < -0.4 is 0 Å². The summed E-state index contributed by atoms with van der Waals surface area (Å²) < 4.78 is 1.49. The van der Waals surface area contributed by atoms with Gasteiger partial charge >= 0.3 is 5.97 Å². The summed E-state index contributed by atoms with van der Waals surface area (Å²) in [5.41, 5.74) is -1.00. The molecule has 1 atom stereocenters. The van der Waals surface area contributed by atoms with E-state index in [9.17, 15) is 9.90 Å². The van der Waals surface area contributed by atoms with Gasteiger partial charge in [-0.3, -0.25) is 4.68 Å². The van der Waals surface area contributed by atoms with Crippen LogP contribution >= 0.6 is 0 Å². The van der Waals surface area contributed by atoms with Gasteiger partial charge in [0.2, 0.25) is 0 Å². The van der Waals surface area contributed by atoms with E-state index in [4.69, 9.17) is 5.11 Å². The van der Waals surface area contributed by atoms with Crippen LogP contribution in [0.25, 0.3) is 10.9 Å². The molecule has 5 heteroatoms. The Morgan fingerprint density at radius 2 is 2.19 bits per heavy atom. The molecule has 0 fully saturated rings. The Morgan fingerprint density at radius 3 is 2.88 bits per heavy atom. The van der Waals surface area contributed by atoms with Crippen LogP contribution in [0, 0.1) is 0 Å². The zero-order valence-electron chi connectivity index (χ0n) is 8.79. The number of carboxylic acid groups (broad SMARTS) is 1. The fourth-order valence-corrected chi connectivity index (χ4v) is 1.51. The maximum absolute atomic E-state index is 10.8. The van der Waals surface area contributed by atoms with Gasteiger partial charge in [0.15, 0.2) is 5.60 Å². The lowest BCUT2D eigenvalue weighted by molar-refractivity contribution is -0.158. The van der Waals surface area contributed by atoms with Crippen LogP contribution in [0.2, 0.25) is 0 Å². The van der Waals surface area contributed by atoms with Gasteiger partial charge < -0.3 is 10.2 Å². The summed E-state index contributed by atoms with van der Waals surface area (Å²) >= 11 is 0. The number of para-hydroxylation sites is 1. The predicted molar refractivity (Wildman–Crippen MR) is 58.0 cm³/mol. The van der Waals surface area contributed by atoms with E-state index < -0.39 is 11.6 Å². The van der Waals surface area contributed by atoms with Crippen LogP contribution in [0.3, 0.4) is 0 Å². The van der Waals surface area contributed by atoms with Gasteiger partial charge in [0.05, 0.1) is 18.3 Å². The minimum absolute atomic E-state index is 0.0736. The smallest absolute Gasteiger partial charge is 0.337 e. The van der Waals surface area contributed by atoms with Crippen LogP contribution in [0.4, 0.5) is 0 Å². The third-order valence-corrected chi connectivity index (χ3v) is 2.47. The van der Waals surface area contributed by atoms with Crippen molar-refractivity contribution in [1.29, 1.82) is 0 Å². The molecule has 2 aromatic rings. The molecule has 0 aliphatic carbocycles. The molecule has 0 bridgehead atoms. The number of benzene rings is 1. The van der Waals surface area contributed by atoms with Gasteiger partial charge in [0, 0.05) is 5.39 Å². The maximum atomic E-state index is 10.8. The molecule has 1 unspecified atom stereocenters. The van der Waals surface area contributed by atoms with Crippen molar-refractivity contribution in [2.24, 2.45) is 0 Å². The third-order valence-electron chi connectivity index (χ3n) is 2.47. The molecule has 0 amide bonds. The lowest BCUT2D eigenvalue weighted by Crippen LogP contribution is -2.39. The summed E-state index contributed by atoms with van der Waals surface area (Å²) in [6, 6.07) is 7.44. The van der Waals surface area contributed by atoms with Gasteiger partial charge in [-0.1, -0.05) is 18.2 Å². The number of rotatable bonds is 3. The SMILES string of the molecule is CC(O)(Cn1ncc2ccccc21)C(=O)O. The molecular weight excluding hydrogens is 208 g/mol. The molecular formula is C11H12N2O3. The predicted octanol–water partition coefficient (Wildman–Crippen LogP) is 0.872. The second-order valence-electron chi connectivity index (χ2n) is 3.94. The summed E-state index contributed by atoms with van der Waals surface area (Å²) in [5, 5.41) is 23.5. The average molecular weight is 220 g/mol. The van der Waals surface area contributed by atoms with Crippen LogP contribution in [0.5, 0.6) is 0 Å². The highest BCUT2D eigenvalue weighted by Crippen LogP contribution is 2.16. The van der Waals surface area contributed by atoms with Crippen molar-refractivity contribution in [2.75, 3.05) is 0 Å². The van der Waals surface area contributed by atoms with E-state index in [0.717, 1.165) is 10.9 Å². The van der Waals surface area contributed by atoms with E-state index in [1.165, 1.54) is 11.6 Å². The molecule has 0 aliphatic heterocycles. The maximum Gasteiger partial charge on any atom is 0.337 e. The zero-order valence-corrected chi connectivity index (χ0v) is 8.79. The van der Waals surface area contributed by atoms with Crippen LogP contribution in [0.15, 0.2) is 30.5 Å². The molecule has 2 N–H and O–H groups in total. The van der Waals surface area contributed by atoms with Gasteiger partial charge in [0.1, 0.15) is 0 Å². The Bertz CT molecular complexity index is 531. The molecule has 0 radical (unpaired) electrons. The summed E-state index contributed by atoms with van der Waals surface area (Å²) in [4.78, 5) is 10.8. The van der Waals surface area contributed by atoms with Crippen molar-refractivity contribution >= 4 is 16.9 Å². The standard InChI is InChI=1S/C11H12N2O3/c1-11(16,10(14)15)7-13-9-5-3-2-4-8(9)6-12-13/h2-6,16H,7H2,1H3,(H,14,15). The van der Waals surface area contributed by atoms with Crippen LogP contribution in [-0.4, -0.2) is 31.6 Å². The molecule has 0 saturated carbocycles. The van der Waals surface area contributed by atoms with Crippen LogP contribution in [-0.2, 0) is 11.3 Å². The quantitative estimate of drug-likeness (QED) is 0.804. The van der Waals surface area contributed by atoms with Crippen molar-refractivity contribution in [2.45, 2.75) is 19.1 Å². The van der Waals surface area contributed by atoms with E-state index in [1.807, 2.05) is 24.3 Å². The second kappa shape index (κ2) is 3.61. The van der Waals surface area contributed by atoms with E-state index in [2.05, 4.69) is 5.10 Å². The average Bonchev–Trinajstić information content (AvgIpc) is 2.61.